The predicted octanol–water partition coefficient (Wildman–Crippen LogP) is 1.98. The maximum atomic E-state index is 3.46. The quantitative estimate of drug-likeness (QED) is 0.662. The Balaban J connectivity index is 3.12. The number of hydrogen-bond acceptors (Lipinski definition) is 2. The van der Waals surface area contributed by atoms with E-state index in [4.69, 9.17) is 0 Å². The summed E-state index contributed by atoms with van der Waals surface area (Å²) in [7, 11) is 0. The molecule has 1 N–H and O–H groups in total. The summed E-state index contributed by atoms with van der Waals surface area (Å²) >= 11 is 1.90. The first kappa shape index (κ1) is 10.3. The molecule has 0 aliphatic rings. The van der Waals surface area contributed by atoms with E-state index in [2.05, 4.69) is 32.3 Å². The summed E-state index contributed by atoms with van der Waals surface area (Å²) in [6, 6.07) is 0.664. The molecule has 0 radical (unpaired) electrons. The third-order valence-electron chi connectivity index (χ3n) is 1.29. The molecule has 10 heavy (non-hydrogen) atoms. The van der Waals surface area contributed by atoms with Gasteiger partial charge in [-0.1, -0.05) is 13.8 Å². The molecule has 0 fully saturated rings. The second-order valence-electron chi connectivity index (χ2n) is 3.16. The molecular formula is C8H19NS. The maximum absolute atomic E-state index is 3.46. The SMILES string of the molecule is CSCC(C)NCC(C)C. The number of thioether (sulfide) groups is 1. The summed E-state index contributed by atoms with van der Waals surface area (Å²) in [6.07, 6.45) is 2.15. The van der Waals surface area contributed by atoms with Gasteiger partial charge in [-0.15, -0.1) is 0 Å². The molecule has 0 aromatic carbocycles. The minimum Gasteiger partial charge on any atom is -0.313 e. The fourth-order valence-electron chi connectivity index (χ4n) is 0.746. The average Bonchev–Trinajstić information content (AvgIpc) is 1.85. The van der Waals surface area contributed by atoms with E-state index in [0.717, 1.165) is 12.5 Å². The Morgan fingerprint density at radius 1 is 1.30 bits per heavy atom. The summed E-state index contributed by atoms with van der Waals surface area (Å²) < 4.78 is 0. The summed E-state index contributed by atoms with van der Waals surface area (Å²) in [4.78, 5) is 0. The molecule has 0 aromatic heterocycles. The van der Waals surface area contributed by atoms with Crippen molar-refractivity contribution in [2.24, 2.45) is 5.92 Å². The minimum absolute atomic E-state index is 0.664. The van der Waals surface area contributed by atoms with E-state index in [1.165, 1.54) is 5.75 Å². The van der Waals surface area contributed by atoms with Crippen LogP contribution in [0.3, 0.4) is 0 Å². The molecule has 0 amide bonds. The Bertz CT molecular complexity index is 73.7. The number of nitrogens with one attached hydrogen (secondary N) is 1. The third-order valence-corrected chi connectivity index (χ3v) is 2.12. The van der Waals surface area contributed by atoms with Crippen LogP contribution in [-0.2, 0) is 0 Å². The van der Waals surface area contributed by atoms with E-state index in [-0.39, 0.29) is 0 Å². The Labute approximate surface area is 69.0 Å². The summed E-state index contributed by atoms with van der Waals surface area (Å²) in [5.74, 6) is 1.98. The van der Waals surface area contributed by atoms with Crippen LogP contribution in [0, 0.1) is 5.92 Å². The molecule has 0 aromatic rings. The van der Waals surface area contributed by atoms with Gasteiger partial charge in [0.2, 0.25) is 0 Å². The average molecular weight is 161 g/mol. The van der Waals surface area contributed by atoms with Crippen molar-refractivity contribution in [1.29, 1.82) is 0 Å². The Hall–Kier alpha value is 0.310. The fourth-order valence-corrected chi connectivity index (χ4v) is 1.36. The van der Waals surface area contributed by atoms with Crippen LogP contribution < -0.4 is 5.32 Å². The van der Waals surface area contributed by atoms with Crippen molar-refractivity contribution >= 4 is 11.8 Å². The Morgan fingerprint density at radius 2 is 1.90 bits per heavy atom. The zero-order valence-corrected chi connectivity index (χ0v) is 8.29. The molecule has 0 saturated heterocycles. The van der Waals surface area contributed by atoms with Crippen LogP contribution in [0.2, 0.25) is 0 Å². The molecule has 1 unspecified atom stereocenters. The molecule has 62 valence electrons. The van der Waals surface area contributed by atoms with E-state index >= 15 is 0 Å². The standard InChI is InChI=1S/C8H19NS/c1-7(2)5-9-8(3)6-10-4/h7-9H,5-6H2,1-4H3. The lowest BCUT2D eigenvalue weighted by Crippen LogP contribution is -2.31. The first-order valence-electron chi connectivity index (χ1n) is 3.89. The van der Waals surface area contributed by atoms with E-state index < -0.39 is 0 Å². The van der Waals surface area contributed by atoms with Crippen LogP contribution >= 0.6 is 11.8 Å². The molecule has 2 heteroatoms. The second kappa shape index (κ2) is 6.05. The smallest absolute Gasteiger partial charge is 0.0129 e. The highest BCUT2D eigenvalue weighted by Gasteiger charge is 1.99. The summed E-state index contributed by atoms with van der Waals surface area (Å²) in [5.41, 5.74) is 0. The van der Waals surface area contributed by atoms with Crippen molar-refractivity contribution in [2.75, 3.05) is 18.6 Å². The lowest BCUT2D eigenvalue weighted by molar-refractivity contribution is 0.509. The zero-order chi connectivity index (χ0) is 7.98. The van der Waals surface area contributed by atoms with Gasteiger partial charge in [-0.2, -0.15) is 11.8 Å². The first-order chi connectivity index (χ1) is 4.66. The molecule has 0 bridgehead atoms. The van der Waals surface area contributed by atoms with Gasteiger partial charge in [-0.25, -0.2) is 0 Å². The Kier molecular flexibility index (Phi) is 6.24. The molecule has 0 spiro atoms. The van der Waals surface area contributed by atoms with Crippen LogP contribution in [0.1, 0.15) is 20.8 Å². The number of rotatable bonds is 5. The highest BCUT2D eigenvalue weighted by molar-refractivity contribution is 7.98. The lowest BCUT2D eigenvalue weighted by Gasteiger charge is -2.13. The summed E-state index contributed by atoms with van der Waals surface area (Å²) in [6.45, 7) is 7.85. The van der Waals surface area contributed by atoms with Gasteiger partial charge in [0.05, 0.1) is 0 Å². The molecule has 0 rings (SSSR count). The second-order valence-corrected chi connectivity index (χ2v) is 4.07. The van der Waals surface area contributed by atoms with Crippen molar-refractivity contribution in [3.63, 3.8) is 0 Å². The van der Waals surface area contributed by atoms with Crippen molar-refractivity contribution in [3.05, 3.63) is 0 Å². The minimum atomic E-state index is 0.664. The summed E-state index contributed by atoms with van der Waals surface area (Å²) in [5, 5.41) is 3.46. The molecule has 1 atom stereocenters. The normalized spacial score (nSPS) is 14.1. The van der Waals surface area contributed by atoms with Crippen LogP contribution in [0.5, 0.6) is 0 Å². The van der Waals surface area contributed by atoms with Crippen LogP contribution in [0.25, 0.3) is 0 Å². The van der Waals surface area contributed by atoms with Crippen LogP contribution in [0.4, 0.5) is 0 Å². The largest absolute Gasteiger partial charge is 0.313 e. The van der Waals surface area contributed by atoms with Gasteiger partial charge in [0, 0.05) is 11.8 Å². The predicted molar refractivity (Wildman–Crippen MR) is 50.7 cm³/mol. The monoisotopic (exact) mass is 161 g/mol. The van der Waals surface area contributed by atoms with Crippen molar-refractivity contribution in [1.82, 2.24) is 5.32 Å². The molecule has 0 heterocycles. The van der Waals surface area contributed by atoms with Crippen molar-refractivity contribution in [3.8, 4) is 0 Å². The molecule has 1 nitrogen and oxygen atoms in total. The lowest BCUT2D eigenvalue weighted by atomic mass is 10.2. The van der Waals surface area contributed by atoms with Crippen molar-refractivity contribution in [2.45, 2.75) is 26.8 Å². The molecule has 0 aliphatic heterocycles. The van der Waals surface area contributed by atoms with Gasteiger partial charge in [0.15, 0.2) is 0 Å². The van der Waals surface area contributed by atoms with Gasteiger partial charge >= 0.3 is 0 Å². The maximum Gasteiger partial charge on any atom is 0.0129 e. The first-order valence-corrected chi connectivity index (χ1v) is 5.28. The van der Waals surface area contributed by atoms with Gasteiger partial charge < -0.3 is 5.32 Å². The van der Waals surface area contributed by atoms with Crippen LogP contribution in [-0.4, -0.2) is 24.6 Å². The van der Waals surface area contributed by atoms with Crippen LogP contribution in [0.15, 0.2) is 0 Å². The van der Waals surface area contributed by atoms with E-state index in [0.29, 0.717) is 6.04 Å². The van der Waals surface area contributed by atoms with Gasteiger partial charge in [0.25, 0.3) is 0 Å². The highest BCUT2D eigenvalue weighted by atomic mass is 32.2. The molecular weight excluding hydrogens is 142 g/mol. The zero-order valence-electron chi connectivity index (χ0n) is 7.48. The van der Waals surface area contributed by atoms with E-state index in [9.17, 15) is 0 Å². The Morgan fingerprint density at radius 3 is 2.30 bits per heavy atom. The number of hydrogen-bond donors (Lipinski definition) is 1. The molecule has 0 aliphatic carbocycles. The van der Waals surface area contributed by atoms with Gasteiger partial charge in [-0.3, -0.25) is 0 Å². The topological polar surface area (TPSA) is 12.0 Å². The molecule has 0 saturated carbocycles. The fraction of sp³-hybridized carbons (Fsp3) is 1.00. The van der Waals surface area contributed by atoms with E-state index in [1.807, 2.05) is 11.8 Å². The van der Waals surface area contributed by atoms with Crippen molar-refractivity contribution < 1.29 is 0 Å². The van der Waals surface area contributed by atoms with Gasteiger partial charge in [0.1, 0.15) is 0 Å². The van der Waals surface area contributed by atoms with E-state index in [1.54, 1.807) is 0 Å². The highest BCUT2D eigenvalue weighted by Crippen LogP contribution is 1.97. The third kappa shape index (κ3) is 6.43. The van der Waals surface area contributed by atoms with Gasteiger partial charge in [-0.05, 0) is 25.6 Å².